The molecule has 0 N–H and O–H groups in total. The minimum Gasteiger partial charge on any atom is -0.466 e. The van der Waals surface area contributed by atoms with Crippen LogP contribution in [0.1, 0.15) is 72.1 Å². The van der Waals surface area contributed by atoms with E-state index in [0.717, 1.165) is 19.3 Å². The van der Waals surface area contributed by atoms with Crippen molar-refractivity contribution in [3.63, 3.8) is 0 Å². The molecule has 24 heavy (non-hydrogen) atoms. The van der Waals surface area contributed by atoms with Crippen molar-refractivity contribution in [2.45, 2.75) is 77.7 Å². The van der Waals surface area contributed by atoms with Gasteiger partial charge in [-0.05, 0) is 45.1 Å². The SMILES string of the molecule is CCCC1(C(=O)OCC)CCCCC1(CCC(=O)OCC)N=[N+]=[N-]. The third-order valence-corrected chi connectivity index (χ3v) is 4.96. The van der Waals surface area contributed by atoms with Gasteiger partial charge in [-0.2, -0.15) is 0 Å². The van der Waals surface area contributed by atoms with E-state index in [2.05, 4.69) is 10.0 Å². The largest absolute Gasteiger partial charge is 0.466 e. The predicted octanol–water partition coefficient (Wildman–Crippen LogP) is 4.30. The second kappa shape index (κ2) is 9.52. The molecule has 0 aromatic heterocycles. The Bertz CT molecular complexity index is 486. The zero-order valence-electron chi connectivity index (χ0n) is 15.0. The summed E-state index contributed by atoms with van der Waals surface area (Å²) in [7, 11) is 0. The average molecular weight is 339 g/mol. The molecule has 0 amide bonds. The number of esters is 2. The van der Waals surface area contributed by atoms with E-state index in [1.54, 1.807) is 13.8 Å². The lowest BCUT2D eigenvalue weighted by Gasteiger charge is -2.49. The van der Waals surface area contributed by atoms with Crippen molar-refractivity contribution in [1.29, 1.82) is 0 Å². The van der Waals surface area contributed by atoms with Crippen molar-refractivity contribution >= 4 is 11.9 Å². The molecule has 0 aromatic carbocycles. The highest BCUT2D eigenvalue weighted by molar-refractivity contribution is 5.79. The molecule has 7 heteroatoms. The van der Waals surface area contributed by atoms with Crippen LogP contribution in [0, 0.1) is 5.41 Å². The third kappa shape index (κ3) is 4.20. The van der Waals surface area contributed by atoms with Gasteiger partial charge in [0.25, 0.3) is 0 Å². The molecule has 2 unspecified atom stereocenters. The molecule has 136 valence electrons. The van der Waals surface area contributed by atoms with E-state index in [0.29, 0.717) is 32.3 Å². The molecule has 0 bridgehead atoms. The average Bonchev–Trinajstić information content (AvgIpc) is 2.56. The Kier molecular flexibility index (Phi) is 8.05. The number of ether oxygens (including phenoxy) is 2. The number of nitrogens with zero attached hydrogens (tertiary/aromatic N) is 3. The fourth-order valence-corrected chi connectivity index (χ4v) is 3.95. The molecular formula is C17H29N3O4. The summed E-state index contributed by atoms with van der Waals surface area (Å²) in [6.07, 6.45) is 4.80. The first kappa shape index (κ1) is 20.3. The maximum absolute atomic E-state index is 12.8. The summed E-state index contributed by atoms with van der Waals surface area (Å²) in [4.78, 5) is 27.7. The highest BCUT2D eigenvalue weighted by atomic mass is 16.5. The first-order chi connectivity index (χ1) is 11.5. The number of azide groups is 1. The molecule has 7 nitrogen and oxygen atoms in total. The fraction of sp³-hybridized carbons (Fsp3) is 0.882. The van der Waals surface area contributed by atoms with Gasteiger partial charge in [-0.15, -0.1) is 0 Å². The van der Waals surface area contributed by atoms with Crippen molar-refractivity contribution in [2.24, 2.45) is 10.5 Å². The van der Waals surface area contributed by atoms with E-state index in [1.807, 2.05) is 6.92 Å². The smallest absolute Gasteiger partial charge is 0.312 e. The molecule has 0 aliphatic heterocycles. The molecule has 1 aliphatic rings. The summed E-state index contributed by atoms with van der Waals surface area (Å²) < 4.78 is 10.4. The van der Waals surface area contributed by atoms with E-state index < -0.39 is 11.0 Å². The Morgan fingerprint density at radius 3 is 2.33 bits per heavy atom. The summed E-state index contributed by atoms with van der Waals surface area (Å²) in [5.74, 6) is -0.632. The number of carbonyl (C=O) groups excluding carboxylic acids is 2. The van der Waals surface area contributed by atoms with E-state index in [9.17, 15) is 9.59 Å². The quantitative estimate of drug-likeness (QED) is 0.270. The maximum Gasteiger partial charge on any atom is 0.312 e. The minimum absolute atomic E-state index is 0.137. The molecule has 0 spiro atoms. The highest BCUT2D eigenvalue weighted by Crippen LogP contribution is 2.53. The van der Waals surface area contributed by atoms with Crippen molar-refractivity contribution in [3.05, 3.63) is 10.4 Å². The van der Waals surface area contributed by atoms with Crippen molar-refractivity contribution in [1.82, 2.24) is 0 Å². The minimum atomic E-state index is -0.922. The van der Waals surface area contributed by atoms with Crippen LogP contribution < -0.4 is 0 Å². The van der Waals surface area contributed by atoms with Crippen molar-refractivity contribution < 1.29 is 19.1 Å². The fourth-order valence-electron chi connectivity index (χ4n) is 3.95. The molecule has 0 aromatic rings. The van der Waals surface area contributed by atoms with Gasteiger partial charge < -0.3 is 9.47 Å². The Morgan fingerprint density at radius 2 is 1.75 bits per heavy atom. The molecule has 0 heterocycles. The van der Waals surface area contributed by atoms with Crippen LogP contribution in [0.3, 0.4) is 0 Å². The molecule has 1 aliphatic carbocycles. The molecule has 1 saturated carbocycles. The zero-order valence-corrected chi connectivity index (χ0v) is 15.0. The highest BCUT2D eigenvalue weighted by Gasteiger charge is 2.57. The molecule has 1 rings (SSSR count). The van der Waals surface area contributed by atoms with Crippen LogP contribution in [-0.4, -0.2) is 30.7 Å². The molecular weight excluding hydrogens is 310 g/mol. The van der Waals surface area contributed by atoms with Gasteiger partial charge >= 0.3 is 11.9 Å². The standard InChI is InChI=1S/C17H29N3O4/c1-4-10-16(15(22)24-6-3)11-7-8-12-17(16,19-20-18)13-9-14(21)23-5-2/h4-13H2,1-3H3. The summed E-state index contributed by atoms with van der Waals surface area (Å²) in [5.41, 5.74) is 7.38. The third-order valence-electron chi connectivity index (χ3n) is 4.96. The topological polar surface area (TPSA) is 101 Å². The van der Waals surface area contributed by atoms with Crippen LogP contribution in [0.2, 0.25) is 0 Å². The van der Waals surface area contributed by atoms with E-state index in [1.165, 1.54) is 0 Å². The Morgan fingerprint density at radius 1 is 1.08 bits per heavy atom. The van der Waals surface area contributed by atoms with Crippen LogP contribution in [0.25, 0.3) is 10.4 Å². The summed E-state index contributed by atoms with van der Waals surface area (Å²) in [6, 6.07) is 0. The van der Waals surface area contributed by atoms with Crippen molar-refractivity contribution in [2.75, 3.05) is 13.2 Å². The summed E-state index contributed by atoms with van der Waals surface area (Å²) >= 11 is 0. The van der Waals surface area contributed by atoms with Crippen molar-refractivity contribution in [3.8, 4) is 0 Å². The predicted molar refractivity (Wildman–Crippen MR) is 90.2 cm³/mol. The van der Waals surface area contributed by atoms with Gasteiger partial charge in [-0.3, -0.25) is 9.59 Å². The first-order valence-electron chi connectivity index (χ1n) is 8.91. The number of hydrogen-bond donors (Lipinski definition) is 0. The van der Waals surface area contributed by atoms with E-state index in [-0.39, 0.29) is 25.0 Å². The van der Waals surface area contributed by atoms with Crippen LogP contribution >= 0.6 is 0 Å². The van der Waals surface area contributed by atoms with Gasteiger partial charge in [0.15, 0.2) is 0 Å². The van der Waals surface area contributed by atoms with Gasteiger partial charge in [-0.25, -0.2) is 0 Å². The molecule has 1 fully saturated rings. The second-order valence-corrected chi connectivity index (χ2v) is 6.29. The molecule has 0 radical (unpaired) electrons. The number of carbonyl (C=O) groups is 2. The van der Waals surface area contributed by atoms with Gasteiger partial charge in [-0.1, -0.05) is 31.3 Å². The number of hydrogen-bond acceptors (Lipinski definition) is 5. The van der Waals surface area contributed by atoms with Crippen LogP contribution in [-0.2, 0) is 19.1 Å². The Balaban J connectivity index is 3.23. The Labute approximate surface area is 143 Å². The zero-order chi connectivity index (χ0) is 18.1. The second-order valence-electron chi connectivity index (χ2n) is 6.29. The lowest BCUT2D eigenvalue weighted by Crippen LogP contribution is -2.54. The summed E-state index contributed by atoms with van der Waals surface area (Å²) in [6.45, 7) is 6.12. The summed E-state index contributed by atoms with van der Waals surface area (Å²) in [5, 5.41) is 4.09. The Hall–Kier alpha value is -1.75. The van der Waals surface area contributed by atoms with Crippen LogP contribution in [0.15, 0.2) is 5.11 Å². The van der Waals surface area contributed by atoms with Crippen LogP contribution in [0.4, 0.5) is 0 Å². The van der Waals surface area contributed by atoms with Gasteiger partial charge in [0, 0.05) is 11.3 Å². The first-order valence-corrected chi connectivity index (χ1v) is 8.91. The monoisotopic (exact) mass is 339 g/mol. The van der Waals surface area contributed by atoms with Gasteiger partial charge in [0.1, 0.15) is 0 Å². The van der Waals surface area contributed by atoms with Gasteiger partial charge in [0.05, 0.1) is 24.2 Å². The normalized spacial score (nSPS) is 26.3. The molecule has 2 atom stereocenters. The van der Waals surface area contributed by atoms with Crippen LogP contribution in [0.5, 0.6) is 0 Å². The lowest BCUT2D eigenvalue weighted by atomic mass is 9.57. The lowest BCUT2D eigenvalue weighted by molar-refractivity contribution is -0.165. The van der Waals surface area contributed by atoms with Gasteiger partial charge in [0.2, 0.25) is 0 Å². The number of rotatable bonds is 9. The van der Waals surface area contributed by atoms with E-state index >= 15 is 0 Å². The molecule has 0 saturated heterocycles. The van der Waals surface area contributed by atoms with E-state index in [4.69, 9.17) is 15.0 Å². The maximum atomic E-state index is 12.8.